The van der Waals surface area contributed by atoms with E-state index in [1.807, 2.05) is 6.07 Å². The van der Waals surface area contributed by atoms with Gasteiger partial charge < -0.3 is 5.11 Å². The Morgan fingerprint density at radius 3 is 1.82 bits per heavy atom. The Hall–Kier alpha value is -0.240. The number of benzene rings is 1. The zero-order valence-electron chi connectivity index (χ0n) is 6.22. The van der Waals surface area contributed by atoms with Gasteiger partial charge in [0.05, 0.1) is 0 Å². The van der Waals surface area contributed by atoms with Gasteiger partial charge in [0, 0.05) is 16.7 Å². The Bertz CT molecular complexity index is 184. The van der Waals surface area contributed by atoms with Crippen molar-refractivity contribution in [3.05, 3.63) is 34.3 Å². The maximum atomic E-state index is 7.57. The number of halogens is 2. The average Bonchev–Trinajstić information content (AvgIpc) is 1.88. The van der Waals surface area contributed by atoms with Crippen LogP contribution in [-0.2, 0) is 0 Å². The summed E-state index contributed by atoms with van der Waals surface area (Å²) in [6.07, 6.45) is 0. The SMILES string of the molecule is CCO.Clc1cccc(Cl)c1. The maximum absolute atomic E-state index is 7.57. The maximum Gasteiger partial charge on any atom is 0.0420 e. The summed E-state index contributed by atoms with van der Waals surface area (Å²) < 4.78 is 0. The molecule has 0 aliphatic heterocycles. The smallest absolute Gasteiger partial charge is 0.0420 e. The molecule has 0 aromatic heterocycles. The molecule has 0 saturated carbocycles. The van der Waals surface area contributed by atoms with E-state index < -0.39 is 0 Å². The molecule has 3 heteroatoms. The predicted molar refractivity (Wildman–Crippen MR) is 49.2 cm³/mol. The van der Waals surface area contributed by atoms with Gasteiger partial charge in [-0.05, 0) is 25.1 Å². The molecule has 0 saturated heterocycles. The molecule has 0 fully saturated rings. The lowest BCUT2D eigenvalue weighted by Gasteiger charge is -1.86. The van der Waals surface area contributed by atoms with E-state index in [-0.39, 0.29) is 6.61 Å². The average molecular weight is 193 g/mol. The predicted octanol–water partition coefficient (Wildman–Crippen LogP) is 2.99. The van der Waals surface area contributed by atoms with Crippen molar-refractivity contribution in [1.29, 1.82) is 0 Å². The lowest BCUT2D eigenvalue weighted by molar-refractivity contribution is 0.318. The van der Waals surface area contributed by atoms with E-state index in [2.05, 4.69) is 0 Å². The van der Waals surface area contributed by atoms with Crippen LogP contribution >= 0.6 is 23.2 Å². The highest BCUT2D eigenvalue weighted by Gasteiger charge is 1.84. The van der Waals surface area contributed by atoms with Crippen LogP contribution in [0.4, 0.5) is 0 Å². The molecule has 0 heterocycles. The van der Waals surface area contributed by atoms with Gasteiger partial charge in [-0.25, -0.2) is 0 Å². The largest absolute Gasteiger partial charge is 0.397 e. The molecule has 0 bridgehead atoms. The summed E-state index contributed by atoms with van der Waals surface area (Å²) in [5.74, 6) is 0. The normalized spacial score (nSPS) is 8.36. The molecule has 1 N–H and O–H groups in total. The van der Waals surface area contributed by atoms with Crippen LogP contribution in [0.1, 0.15) is 6.92 Å². The number of hydrogen-bond donors (Lipinski definition) is 1. The highest BCUT2D eigenvalue weighted by Crippen LogP contribution is 2.13. The van der Waals surface area contributed by atoms with E-state index in [0.29, 0.717) is 10.0 Å². The summed E-state index contributed by atoms with van der Waals surface area (Å²) >= 11 is 11.1. The third kappa shape index (κ3) is 6.17. The molecule has 11 heavy (non-hydrogen) atoms. The molecule has 0 spiro atoms. The first-order valence-corrected chi connectivity index (χ1v) is 3.98. The van der Waals surface area contributed by atoms with Crippen LogP contribution in [0.25, 0.3) is 0 Å². The van der Waals surface area contributed by atoms with Gasteiger partial charge in [0.25, 0.3) is 0 Å². The molecule has 1 aromatic rings. The number of hydrogen-bond acceptors (Lipinski definition) is 1. The first-order chi connectivity index (χ1) is 5.20. The molecule has 1 aromatic carbocycles. The second-order valence-corrected chi connectivity index (χ2v) is 2.63. The van der Waals surface area contributed by atoms with Crippen LogP contribution in [0.15, 0.2) is 24.3 Å². The topological polar surface area (TPSA) is 20.2 Å². The van der Waals surface area contributed by atoms with Gasteiger partial charge in [0.15, 0.2) is 0 Å². The quantitative estimate of drug-likeness (QED) is 0.671. The van der Waals surface area contributed by atoms with Crippen molar-refractivity contribution < 1.29 is 5.11 Å². The van der Waals surface area contributed by atoms with Gasteiger partial charge in [-0.15, -0.1) is 0 Å². The summed E-state index contributed by atoms with van der Waals surface area (Å²) in [7, 11) is 0. The van der Waals surface area contributed by atoms with E-state index in [9.17, 15) is 0 Å². The van der Waals surface area contributed by atoms with Crippen molar-refractivity contribution in [2.24, 2.45) is 0 Å². The minimum atomic E-state index is 0.250. The van der Waals surface area contributed by atoms with Crippen LogP contribution in [-0.4, -0.2) is 11.7 Å². The lowest BCUT2D eigenvalue weighted by Crippen LogP contribution is -1.61. The third-order valence-electron chi connectivity index (χ3n) is 0.787. The molecule has 0 aliphatic rings. The summed E-state index contributed by atoms with van der Waals surface area (Å²) in [4.78, 5) is 0. The number of aliphatic hydroxyl groups is 1. The van der Waals surface area contributed by atoms with E-state index in [1.165, 1.54) is 0 Å². The Morgan fingerprint density at radius 2 is 1.64 bits per heavy atom. The Morgan fingerprint density at radius 1 is 1.27 bits per heavy atom. The molecule has 1 nitrogen and oxygen atoms in total. The second kappa shape index (κ2) is 6.47. The van der Waals surface area contributed by atoms with Gasteiger partial charge in [-0.3, -0.25) is 0 Å². The van der Waals surface area contributed by atoms with Crippen LogP contribution in [0.3, 0.4) is 0 Å². The third-order valence-corrected chi connectivity index (χ3v) is 1.26. The van der Waals surface area contributed by atoms with Gasteiger partial charge in [-0.2, -0.15) is 0 Å². The number of aliphatic hydroxyl groups excluding tert-OH is 1. The number of rotatable bonds is 0. The molecule has 62 valence electrons. The van der Waals surface area contributed by atoms with Crippen molar-refractivity contribution in [1.82, 2.24) is 0 Å². The van der Waals surface area contributed by atoms with E-state index in [0.717, 1.165) is 0 Å². The molecular formula is C8H10Cl2O. The van der Waals surface area contributed by atoms with Crippen LogP contribution < -0.4 is 0 Å². The van der Waals surface area contributed by atoms with E-state index in [1.54, 1.807) is 25.1 Å². The molecule has 0 atom stereocenters. The van der Waals surface area contributed by atoms with Crippen LogP contribution in [0, 0.1) is 0 Å². The molecule has 0 unspecified atom stereocenters. The fraction of sp³-hybridized carbons (Fsp3) is 0.250. The molecule has 0 amide bonds. The van der Waals surface area contributed by atoms with E-state index in [4.69, 9.17) is 28.3 Å². The Labute approximate surface area is 76.6 Å². The van der Waals surface area contributed by atoms with Gasteiger partial charge in [0.1, 0.15) is 0 Å². The summed E-state index contributed by atoms with van der Waals surface area (Å²) in [6.45, 7) is 1.93. The van der Waals surface area contributed by atoms with Crippen molar-refractivity contribution in [3.8, 4) is 0 Å². The Balaban J connectivity index is 0.000000292. The van der Waals surface area contributed by atoms with Crippen molar-refractivity contribution >= 4 is 23.2 Å². The minimum Gasteiger partial charge on any atom is -0.397 e. The zero-order valence-corrected chi connectivity index (χ0v) is 7.73. The fourth-order valence-electron chi connectivity index (χ4n) is 0.460. The van der Waals surface area contributed by atoms with Crippen LogP contribution in [0.5, 0.6) is 0 Å². The van der Waals surface area contributed by atoms with Gasteiger partial charge in [0.2, 0.25) is 0 Å². The summed E-state index contributed by atoms with van der Waals surface area (Å²) in [5, 5.41) is 8.93. The molecule has 1 rings (SSSR count). The van der Waals surface area contributed by atoms with Crippen LogP contribution in [0.2, 0.25) is 10.0 Å². The lowest BCUT2D eigenvalue weighted by atomic mass is 10.4. The van der Waals surface area contributed by atoms with Gasteiger partial charge in [-0.1, -0.05) is 29.3 Å². The Kier molecular flexibility index (Phi) is 6.33. The molecule has 0 radical (unpaired) electrons. The summed E-state index contributed by atoms with van der Waals surface area (Å²) in [5.41, 5.74) is 0. The second-order valence-electron chi connectivity index (χ2n) is 1.76. The van der Waals surface area contributed by atoms with Gasteiger partial charge >= 0.3 is 0 Å². The van der Waals surface area contributed by atoms with Crippen molar-refractivity contribution in [2.75, 3.05) is 6.61 Å². The fourth-order valence-corrected chi connectivity index (χ4v) is 0.896. The molecule has 0 aliphatic carbocycles. The summed E-state index contributed by atoms with van der Waals surface area (Å²) in [6, 6.07) is 7.08. The standard InChI is InChI=1S/C6H4Cl2.C2H6O/c7-5-2-1-3-6(8)4-5;1-2-3/h1-4H;3H,2H2,1H3. The zero-order chi connectivity index (χ0) is 8.69. The van der Waals surface area contributed by atoms with E-state index >= 15 is 0 Å². The first-order valence-electron chi connectivity index (χ1n) is 3.22. The first kappa shape index (κ1) is 10.8. The van der Waals surface area contributed by atoms with Crippen molar-refractivity contribution in [3.63, 3.8) is 0 Å². The monoisotopic (exact) mass is 192 g/mol. The highest BCUT2D eigenvalue weighted by atomic mass is 35.5. The van der Waals surface area contributed by atoms with Crippen molar-refractivity contribution in [2.45, 2.75) is 6.92 Å². The highest BCUT2D eigenvalue weighted by molar-refractivity contribution is 6.34. The molecular weight excluding hydrogens is 183 g/mol. The minimum absolute atomic E-state index is 0.250.